The molecule has 0 saturated carbocycles. The van der Waals surface area contributed by atoms with Gasteiger partial charge in [0.1, 0.15) is 12.0 Å². The summed E-state index contributed by atoms with van der Waals surface area (Å²) in [6, 6.07) is 4.80. The maximum atomic E-state index is 13.4. The van der Waals surface area contributed by atoms with E-state index in [-0.39, 0.29) is 17.9 Å². The van der Waals surface area contributed by atoms with E-state index in [0.29, 0.717) is 53.9 Å². The van der Waals surface area contributed by atoms with E-state index in [0.717, 1.165) is 22.5 Å². The molecular formula is C22H21Cl2N5O3. The summed E-state index contributed by atoms with van der Waals surface area (Å²) in [7, 11) is 0. The fourth-order valence-corrected chi connectivity index (χ4v) is 4.65. The zero-order chi connectivity index (χ0) is 22.6. The number of rotatable bonds is 3. The maximum Gasteiger partial charge on any atom is 0.272 e. The van der Waals surface area contributed by atoms with E-state index in [1.807, 2.05) is 13.8 Å². The number of benzene rings is 1. The lowest BCUT2D eigenvalue weighted by Crippen LogP contribution is -2.44. The van der Waals surface area contributed by atoms with Crippen LogP contribution in [0.5, 0.6) is 0 Å². The Morgan fingerprint density at radius 3 is 2.78 bits per heavy atom. The first-order valence-electron chi connectivity index (χ1n) is 10.4. The summed E-state index contributed by atoms with van der Waals surface area (Å²) in [6.07, 6.45) is 2.16. The second-order valence-electron chi connectivity index (χ2n) is 8.26. The number of hydrogen-bond donors (Lipinski definition) is 0. The Bertz CT molecular complexity index is 1230. The molecule has 8 nitrogen and oxygen atoms in total. The predicted molar refractivity (Wildman–Crippen MR) is 118 cm³/mol. The number of nitrogens with zero attached hydrogens (tertiary/aromatic N) is 5. The van der Waals surface area contributed by atoms with Gasteiger partial charge in [0.05, 0.1) is 41.1 Å². The molecule has 4 heterocycles. The minimum absolute atomic E-state index is 0.0627. The third-order valence-electron chi connectivity index (χ3n) is 6.19. The smallest absolute Gasteiger partial charge is 0.272 e. The first kappa shape index (κ1) is 21.0. The summed E-state index contributed by atoms with van der Waals surface area (Å²) in [6.45, 7) is 5.74. The standard InChI is InChI=1S/C22H21Cl2N5O3/c1-12-7-19-16(10-28(12)21(30)14-3-4-17(23)18(24)8-14)20-22(31)27(5-6-29(20)25-19)9-15-11-32-26-13(15)2/h3-4,8,11-12H,5-7,9-10H2,1-2H3/t12-/m1/s1. The molecule has 1 aromatic carbocycles. The molecule has 5 rings (SSSR count). The predicted octanol–water partition coefficient (Wildman–Crippen LogP) is 3.73. The van der Waals surface area contributed by atoms with Crippen molar-refractivity contribution in [2.45, 2.75) is 45.9 Å². The van der Waals surface area contributed by atoms with Crippen LogP contribution in [0.15, 0.2) is 29.0 Å². The van der Waals surface area contributed by atoms with Gasteiger partial charge in [0.25, 0.3) is 11.8 Å². The number of carbonyl (C=O) groups is 2. The van der Waals surface area contributed by atoms with E-state index < -0.39 is 0 Å². The van der Waals surface area contributed by atoms with Crippen LogP contribution in [-0.4, -0.2) is 49.1 Å². The lowest BCUT2D eigenvalue weighted by Gasteiger charge is -2.34. The van der Waals surface area contributed by atoms with Gasteiger partial charge in [0.15, 0.2) is 0 Å². The fourth-order valence-electron chi connectivity index (χ4n) is 4.35. The highest BCUT2D eigenvalue weighted by Crippen LogP contribution is 2.31. The summed E-state index contributed by atoms with van der Waals surface area (Å²) in [5.41, 5.74) is 4.36. The van der Waals surface area contributed by atoms with Gasteiger partial charge in [-0.15, -0.1) is 0 Å². The molecule has 3 aromatic rings. The minimum Gasteiger partial charge on any atom is -0.364 e. The van der Waals surface area contributed by atoms with Crippen molar-refractivity contribution in [2.24, 2.45) is 0 Å². The van der Waals surface area contributed by atoms with Crippen molar-refractivity contribution in [1.82, 2.24) is 24.7 Å². The second kappa shape index (κ2) is 7.94. The minimum atomic E-state index is -0.151. The van der Waals surface area contributed by atoms with Crippen LogP contribution in [0.1, 0.15) is 50.3 Å². The van der Waals surface area contributed by atoms with Gasteiger partial charge in [-0.2, -0.15) is 5.10 Å². The molecule has 32 heavy (non-hydrogen) atoms. The first-order chi connectivity index (χ1) is 15.3. The third kappa shape index (κ3) is 3.47. The normalized spacial score (nSPS) is 18.0. The number of halogens is 2. The molecule has 2 aromatic heterocycles. The third-order valence-corrected chi connectivity index (χ3v) is 6.93. The molecule has 1 atom stereocenters. The number of aryl methyl sites for hydroxylation is 1. The quantitative estimate of drug-likeness (QED) is 0.578. The molecule has 0 unspecified atom stereocenters. The molecule has 0 N–H and O–H groups in total. The van der Waals surface area contributed by atoms with Gasteiger partial charge in [0, 0.05) is 35.7 Å². The molecule has 0 spiro atoms. The lowest BCUT2D eigenvalue weighted by molar-refractivity contribution is 0.0637. The average molecular weight is 474 g/mol. The van der Waals surface area contributed by atoms with Crippen molar-refractivity contribution in [3.63, 3.8) is 0 Å². The van der Waals surface area contributed by atoms with Gasteiger partial charge in [-0.05, 0) is 32.0 Å². The molecule has 166 valence electrons. The number of amides is 2. The summed E-state index contributed by atoms with van der Waals surface area (Å²) >= 11 is 12.1. The Labute approximate surface area is 194 Å². The van der Waals surface area contributed by atoms with Crippen LogP contribution >= 0.6 is 23.2 Å². The first-order valence-corrected chi connectivity index (χ1v) is 11.1. The van der Waals surface area contributed by atoms with Crippen LogP contribution in [0.4, 0.5) is 0 Å². The van der Waals surface area contributed by atoms with Gasteiger partial charge in [-0.25, -0.2) is 0 Å². The molecule has 0 aliphatic carbocycles. The van der Waals surface area contributed by atoms with Crippen LogP contribution in [-0.2, 0) is 26.1 Å². The van der Waals surface area contributed by atoms with Crippen LogP contribution in [0.3, 0.4) is 0 Å². The molecule has 0 fully saturated rings. The molecule has 2 amide bonds. The zero-order valence-electron chi connectivity index (χ0n) is 17.6. The van der Waals surface area contributed by atoms with Crippen molar-refractivity contribution in [3.05, 3.63) is 68.3 Å². The van der Waals surface area contributed by atoms with E-state index >= 15 is 0 Å². The van der Waals surface area contributed by atoms with Crippen LogP contribution in [0.2, 0.25) is 10.0 Å². The van der Waals surface area contributed by atoms with Gasteiger partial charge in [-0.3, -0.25) is 14.3 Å². The summed E-state index contributed by atoms with van der Waals surface area (Å²) in [5.74, 6) is -0.246. The van der Waals surface area contributed by atoms with Crippen LogP contribution < -0.4 is 0 Å². The SMILES string of the molecule is Cc1nocc1CN1CCn2nc3c(c2C1=O)CN(C(=O)c1ccc(Cl)c(Cl)c1)[C@H](C)C3. The average Bonchev–Trinajstić information content (AvgIpc) is 3.33. The molecule has 0 bridgehead atoms. The van der Waals surface area contributed by atoms with E-state index in [9.17, 15) is 9.59 Å². The van der Waals surface area contributed by atoms with E-state index in [1.165, 1.54) is 0 Å². The summed E-state index contributed by atoms with van der Waals surface area (Å²) in [5, 5.41) is 9.33. The number of hydrogen-bond acceptors (Lipinski definition) is 5. The van der Waals surface area contributed by atoms with Gasteiger partial charge >= 0.3 is 0 Å². The van der Waals surface area contributed by atoms with Gasteiger partial charge in [0.2, 0.25) is 0 Å². The Balaban J connectivity index is 1.44. The maximum absolute atomic E-state index is 13.4. The van der Waals surface area contributed by atoms with Crippen molar-refractivity contribution < 1.29 is 14.1 Å². The largest absolute Gasteiger partial charge is 0.364 e. The van der Waals surface area contributed by atoms with E-state index in [2.05, 4.69) is 5.16 Å². The fraction of sp³-hybridized carbons (Fsp3) is 0.364. The summed E-state index contributed by atoms with van der Waals surface area (Å²) < 4.78 is 6.79. The van der Waals surface area contributed by atoms with Crippen molar-refractivity contribution in [2.75, 3.05) is 6.54 Å². The highest BCUT2D eigenvalue weighted by Gasteiger charge is 2.37. The molecular weight excluding hydrogens is 453 g/mol. The van der Waals surface area contributed by atoms with Crippen molar-refractivity contribution in [3.8, 4) is 0 Å². The number of aromatic nitrogens is 3. The highest BCUT2D eigenvalue weighted by molar-refractivity contribution is 6.42. The Morgan fingerprint density at radius 2 is 2.06 bits per heavy atom. The van der Waals surface area contributed by atoms with E-state index in [4.69, 9.17) is 32.8 Å². The number of fused-ring (bicyclic) bond motifs is 3. The monoisotopic (exact) mass is 473 g/mol. The van der Waals surface area contributed by atoms with Gasteiger partial charge in [-0.1, -0.05) is 28.4 Å². The topological polar surface area (TPSA) is 84.5 Å². The van der Waals surface area contributed by atoms with Gasteiger partial charge < -0.3 is 14.3 Å². The Kier molecular flexibility index (Phi) is 5.22. The highest BCUT2D eigenvalue weighted by atomic mass is 35.5. The lowest BCUT2D eigenvalue weighted by atomic mass is 9.97. The summed E-state index contributed by atoms with van der Waals surface area (Å²) in [4.78, 5) is 30.2. The van der Waals surface area contributed by atoms with E-state index in [1.54, 1.807) is 38.9 Å². The molecule has 10 heteroatoms. The van der Waals surface area contributed by atoms with Crippen LogP contribution in [0, 0.1) is 6.92 Å². The molecule has 2 aliphatic heterocycles. The second-order valence-corrected chi connectivity index (χ2v) is 9.08. The number of carbonyl (C=O) groups excluding carboxylic acids is 2. The molecule has 2 aliphatic rings. The Morgan fingerprint density at radius 1 is 1.25 bits per heavy atom. The van der Waals surface area contributed by atoms with Crippen molar-refractivity contribution in [1.29, 1.82) is 0 Å². The molecule has 0 saturated heterocycles. The molecule has 0 radical (unpaired) electrons. The Hall–Kier alpha value is -2.84. The zero-order valence-corrected chi connectivity index (χ0v) is 19.2. The van der Waals surface area contributed by atoms with Crippen molar-refractivity contribution >= 4 is 35.0 Å². The van der Waals surface area contributed by atoms with Crippen LogP contribution in [0.25, 0.3) is 0 Å².